The van der Waals surface area contributed by atoms with E-state index in [1.54, 1.807) is 11.3 Å². The molecule has 1 amide bonds. The number of carbonyl (C=O) groups is 1. The van der Waals surface area contributed by atoms with Gasteiger partial charge >= 0.3 is 0 Å². The smallest absolute Gasteiger partial charge is 0.225 e. The van der Waals surface area contributed by atoms with Gasteiger partial charge in [-0.2, -0.15) is 5.10 Å². The Morgan fingerprint density at radius 1 is 1.55 bits per heavy atom. The van der Waals surface area contributed by atoms with Gasteiger partial charge in [-0.05, 0) is 6.92 Å². The first-order valence-electron chi connectivity index (χ1n) is 6.25. The molecule has 0 aliphatic heterocycles. The van der Waals surface area contributed by atoms with Gasteiger partial charge in [-0.25, -0.2) is 9.97 Å². The lowest BCUT2D eigenvalue weighted by Gasteiger charge is -2.03. The summed E-state index contributed by atoms with van der Waals surface area (Å²) in [4.78, 5) is 21.2. The summed E-state index contributed by atoms with van der Waals surface area (Å²) in [5.74, 6) is 0.768. The van der Waals surface area contributed by atoms with Crippen LogP contribution in [0.25, 0.3) is 4.96 Å². The van der Waals surface area contributed by atoms with E-state index in [2.05, 4.69) is 25.5 Å². The normalized spacial score (nSPS) is 11.1. The molecule has 2 N–H and O–H groups in total. The van der Waals surface area contributed by atoms with Gasteiger partial charge in [-0.1, -0.05) is 0 Å². The minimum absolute atomic E-state index is 0.00410. The molecule has 20 heavy (non-hydrogen) atoms. The number of carbonyl (C=O) groups excluding carboxylic acids is 1. The van der Waals surface area contributed by atoms with Crippen LogP contribution in [0.5, 0.6) is 0 Å². The van der Waals surface area contributed by atoms with E-state index in [9.17, 15) is 4.79 Å². The molecule has 8 heteroatoms. The zero-order valence-corrected chi connectivity index (χ0v) is 11.8. The second-order valence-corrected chi connectivity index (χ2v) is 5.31. The predicted octanol–water partition coefficient (Wildman–Crippen LogP) is 0.724. The third-order valence-electron chi connectivity index (χ3n) is 2.89. The highest BCUT2D eigenvalue weighted by atomic mass is 32.1. The van der Waals surface area contributed by atoms with Crippen molar-refractivity contribution in [2.75, 3.05) is 6.54 Å². The van der Waals surface area contributed by atoms with Crippen LogP contribution in [0.3, 0.4) is 0 Å². The standard InChI is InChI=1S/C12H14N6OS/c1-8-5-18-9(6-20-12(18)16-8)4-11(19)13-3-2-10-14-7-15-17-10/h5-7H,2-4H2,1H3,(H,13,19)(H,14,15,17). The van der Waals surface area contributed by atoms with E-state index in [-0.39, 0.29) is 5.91 Å². The highest BCUT2D eigenvalue weighted by molar-refractivity contribution is 7.15. The number of hydrogen-bond acceptors (Lipinski definition) is 5. The molecule has 3 aromatic heterocycles. The number of rotatable bonds is 5. The van der Waals surface area contributed by atoms with E-state index in [1.807, 2.05) is 22.9 Å². The van der Waals surface area contributed by atoms with Crippen molar-refractivity contribution in [2.45, 2.75) is 19.8 Å². The maximum atomic E-state index is 11.9. The van der Waals surface area contributed by atoms with Gasteiger partial charge in [0.1, 0.15) is 12.2 Å². The lowest BCUT2D eigenvalue weighted by atomic mass is 10.3. The molecule has 0 spiro atoms. The summed E-state index contributed by atoms with van der Waals surface area (Å²) in [5, 5.41) is 11.4. The topological polar surface area (TPSA) is 88.0 Å². The van der Waals surface area contributed by atoms with Crippen LogP contribution in [0.2, 0.25) is 0 Å². The molecule has 7 nitrogen and oxygen atoms in total. The maximum Gasteiger partial charge on any atom is 0.225 e. The van der Waals surface area contributed by atoms with Crippen molar-refractivity contribution in [2.24, 2.45) is 0 Å². The van der Waals surface area contributed by atoms with Gasteiger partial charge in [0.2, 0.25) is 5.91 Å². The molecule has 3 heterocycles. The molecule has 0 aliphatic rings. The zero-order chi connectivity index (χ0) is 13.9. The minimum atomic E-state index is -0.00410. The van der Waals surface area contributed by atoms with Gasteiger partial charge < -0.3 is 5.32 Å². The Balaban J connectivity index is 1.55. The summed E-state index contributed by atoms with van der Waals surface area (Å²) in [7, 11) is 0. The monoisotopic (exact) mass is 290 g/mol. The fourth-order valence-electron chi connectivity index (χ4n) is 1.97. The van der Waals surface area contributed by atoms with Crippen LogP contribution in [0.15, 0.2) is 17.9 Å². The minimum Gasteiger partial charge on any atom is -0.355 e. The van der Waals surface area contributed by atoms with Gasteiger partial charge in [0.05, 0.1) is 12.1 Å². The summed E-state index contributed by atoms with van der Waals surface area (Å²) in [5.41, 5.74) is 1.92. The van der Waals surface area contributed by atoms with Crippen LogP contribution in [-0.2, 0) is 17.6 Å². The van der Waals surface area contributed by atoms with Crippen molar-refractivity contribution in [3.8, 4) is 0 Å². The number of aromatic amines is 1. The molecule has 0 saturated heterocycles. The highest BCUT2D eigenvalue weighted by Crippen LogP contribution is 2.16. The number of nitrogens with zero attached hydrogens (tertiary/aromatic N) is 4. The summed E-state index contributed by atoms with van der Waals surface area (Å²) in [6.45, 7) is 2.49. The molecule has 104 valence electrons. The first-order valence-corrected chi connectivity index (χ1v) is 7.13. The Kier molecular flexibility index (Phi) is 3.46. The van der Waals surface area contributed by atoms with Crippen molar-refractivity contribution in [1.82, 2.24) is 29.9 Å². The molecule has 3 rings (SSSR count). The summed E-state index contributed by atoms with van der Waals surface area (Å²) in [6.07, 6.45) is 4.41. The van der Waals surface area contributed by atoms with Gasteiger partial charge in [-0.3, -0.25) is 14.3 Å². The number of aryl methyl sites for hydroxylation is 1. The molecule has 0 fully saturated rings. The lowest BCUT2D eigenvalue weighted by Crippen LogP contribution is -2.27. The van der Waals surface area contributed by atoms with Crippen molar-refractivity contribution in [3.05, 3.63) is 35.1 Å². The Labute approximate surface area is 119 Å². The highest BCUT2D eigenvalue weighted by Gasteiger charge is 2.10. The van der Waals surface area contributed by atoms with E-state index in [0.29, 0.717) is 19.4 Å². The Morgan fingerprint density at radius 2 is 2.45 bits per heavy atom. The molecule has 0 bridgehead atoms. The van der Waals surface area contributed by atoms with E-state index in [4.69, 9.17) is 0 Å². The van der Waals surface area contributed by atoms with Crippen molar-refractivity contribution in [3.63, 3.8) is 0 Å². The molecule has 0 aromatic carbocycles. The average molecular weight is 290 g/mol. The maximum absolute atomic E-state index is 11.9. The summed E-state index contributed by atoms with van der Waals surface area (Å²) >= 11 is 1.55. The number of amides is 1. The van der Waals surface area contributed by atoms with Crippen LogP contribution < -0.4 is 5.32 Å². The fraction of sp³-hybridized carbons (Fsp3) is 0.333. The Bertz CT molecular complexity index is 714. The number of imidazole rings is 1. The molecule has 0 saturated carbocycles. The third-order valence-corrected chi connectivity index (χ3v) is 3.78. The largest absolute Gasteiger partial charge is 0.355 e. The molecule has 0 aliphatic carbocycles. The second-order valence-electron chi connectivity index (χ2n) is 4.47. The van der Waals surface area contributed by atoms with E-state index in [0.717, 1.165) is 22.2 Å². The Hall–Kier alpha value is -2.22. The first kappa shape index (κ1) is 12.8. The van der Waals surface area contributed by atoms with Crippen molar-refractivity contribution >= 4 is 22.2 Å². The molecular formula is C12H14N6OS. The molecule has 0 unspecified atom stereocenters. The van der Waals surface area contributed by atoms with E-state index in [1.165, 1.54) is 6.33 Å². The predicted molar refractivity (Wildman–Crippen MR) is 74.6 cm³/mol. The number of nitrogens with one attached hydrogen (secondary N) is 2. The quantitative estimate of drug-likeness (QED) is 0.725. The second kappa shape index (κ2) is 5.41. The van der Waals surface area contributed by atoms with Crippen molar-refractivity contribution < 1.29 is 4.79 Å². The van der Waals surface area contributed by atoms with Gasteiger partial charge in [0.15, 0.2) is 4.96 Å². The molecule has 3 aromatic rings. The summed E-state index contributed by atoms with van der Waals surface area (Å²) in [6, 6.07) is 0. The van der Waals surface area contributed by atoms with Crippen LogP contribution in [-0.4, -0.2) is 37.0 Å². The number of hydrogen-bond donors (Lipinski definition) is 2. The van der Waals surface area contributed by atoms with E-state index < -0.39 is 0 Å². The van der Waals surface area contributed by atoms with Gasteiger partial charge in [0.25, 0.3) is 0 Å². The SMILES string of the molecule is Cc1cn2c(CC(=O)NCCc3ncn[nH]3)csc2n1. The molecule has 0 radical (unpaired) electrons. The fourth-order valence-corrected chi connectivity index (χ4v) is 2.89. The van der Waals surface area contributed by atoms with E-state index >= 15 is 0 Å². The third kappa shape index (κ3) is 2.69. The first-order chi connectivity index (χ1) is 9.72. The van der Waals surface area contributed by atoms with Crippen LogP contribution in [0, 0.1) is 6.92 Å². The number of fused-ring (bicyclic) bond motifs is 1. The average Bonchev–Trinajstić information content (AvgIpc) is 3.09. The van der Waals surface area contributed by atoms with Crippen LogP contribution in [0.1, 0.15) is 17.2 Å². The lowest BCUT2D eigenvalue weighted by molar-refractivity contribution is -0.120. The summed E-state index contributed by atoms with van der Waals surface area (Å²) < 4.78 is 1.97. The zero-order valence-electron chi connectivity index (χ0n) is 11.0. The van der Waals surface area contributed by atoms with Crippen LogP contribution in [0.4, 0.5) is 0 Å². The van der Waals surface area contributed by atoms with Crippen molar-refractivity contribution in [1.29, 1.82) is 0 Å². The number of H-pyrrole nitrogens is 1. The number of aromatic nitrogens is 5. The molecule has 0 atom stereocenters. The van der Waals surface area contributed by atoms with Gasteiger partial charge in [-0.15, -0.1) is 11.3 Å². The molecular weight excluding hydrogens is 276 g/mol. The Morgan fingerprint density at radius 3 is 3.25 bits per heavy atom. The van der Waals surface area contributed by atoms with Crippen LogP contribution >= 0.6 is 11.3 Å². The number of thiazole rings is 1. The van der Waals surface area contributed by atoms with Gasteiger partial charge in [0, 0.05) is 30.2 Å².